The number of ether oxygens (including phenoxy) is 1. The Hall–Kier alpha value is -3.30. The zero-order chi connectivity index (χ0) is 22.5. The Morgan fingerprint density at radius 2 is 1.72 bits per heavy atom. The molecule has 7 nitrogen and oxygen atoms in total. The molecule has 1 fully saturated rings. The molecule has 0 bridgehead atoms. The van der Waals surface area contributed by atoms with E-state index in [1.165, 1.54) is 35.6 Å². The maximum Gasteiger partial charge on any atom is 0.269 e. The molecule has 166 valence electrons. The van der Waals surface area contributed by atoms with Crippen LogP contribution in [0.15, 0.2) is 60.0 Å². The molecule has 32 heavy (non-hydrogen) atoms. The van der Waals surface area contributed by atoms with Crippen LogP contribution in [-0.2, 0) is 13.2 Å². The fourth-order valence-electron chi connectivity index (χ4n) is 3.51. The summed E-state index contributed by atoms with van der Waals surface area (Å²) >= 11 is 1.39. The second-order valence-electron chi connectivity index (χ2n) is 7.55. The van der Waals surface area contributed by atoms with Crippen LogP contribution in [0.25, 0.3) is 0 Å². The van der Waals surface area contributed by atoms with Crippen molar-refractivity contribution in [3.05, 3.63) is 91.9 Å². The van der Waals surface area contributed by atoms with Crippen LogP contribution < -0.4 is 4.74 Å². The average Bonchev–Trinajstić information content (AvgIpc) is 3.29. The number of thiophene rings is 1. The fraction of sp³-hybridized carbons (Fsp3) is 0.261. The Bertz CT molecular complexity index is 1080. The van der Waals surface area contributed by atoms with Gasteiger partial charge in [-0.25, -0.2) is 4.39 Å². The minimum Gasteiger partial charge on any atom is -0.489 e. The Labute approximate surface area is 188 Å². The first-order valence-electron chi connectivity index (χ1n) is 10.2. The van der Waals surface area contributed by atoms with E-state index in [1.807, 2.05) is 16.3 Å². The SMILES string of the molecule is O=C(c1cc(COc2ccc([N+](=O)[O-])cc2)cs1)N1CCN(Cc2ccc(F)cc2)CC1. The number of rotatable bonds is 7. The van der Waals surface area contributed by atoms with Gasteiger partial charge in [-0.1, -0.05) is 12.1 Å². The molecule has 0 unspecified atom stereocenters. The van der Waals surface area contributed by atoms with Gasteiger partial charge in [0.2, 0.25) is 0 Å². The highest BCUT2D eigenvalue weighted by atomic mass is 32.1. The molecule has 0 saturated carbocycles. The number of nitro groups is 1. The molecular weight excluding hydrogens is 433 g/mol. The summed E-state index contributed by atoms with van der Waals surface area (Å²) in [5, 5.41) is 12.6. The minimum atomic E-state index is -0.455. The van der Waals surface area contributed by atoms with Crippen molar-refractivity contribution in [3.8, 4) is 5.75 Å². The van der Waals surface area contributed by atoms with Gasteiger partial charge in [-0.3, -0.25) is 19.8 Å². The zero-order valence-electron chi connectivity index (χ0n) is 17.3. The summed E-state index contributed by atoms with van der Waals surface area (Å²) in [7, 11) is 0. The molecule has 0 aliphatic carbocycles. The molecule has 9 heteroatoms. The molecule has 0 N–H and O–H groups in total. The standard InChI is InChI=1S/C23H22FN3O4S/c24-19-3-1-17(2-4-19)14-25-9-11-26(12-10-25)23(28)22-13-18(16-32-22)15-31-21-7-5-20(6-8-21)27(29)30/h1-8,13,16H,9-12,14-15H2. The number of hydrogen-bond donors (Lipinski definition) is 0. The molecule has 1 amide bonds. The monoisotopic (exact) mass is 455 g/mol. The predicted octanol–water partition coefficient (Wildman–Crippen LogP) is 4.33. The number of carbonyl (C=O) groups excluding carboxylic acids is 1. The number of piperazine rings is 1. The molecule has 1 aromatic heterocycles. The van der Waals surface area contributed by atoms with Crippen molar-refractivity contribution in [3.63, 3.8) is 0 Å². The van der Waals surface area contributed by atoms with E-state index in [1.54, 1.807) is 24.3 Å². The second-order valence-corrected chi connectivity index (χ2v) is 8.46. The minimum absolute atomic E-state index is 0.0121. The normalized spacial score (nSPS) is 14.3. The second kappa shape index (κ2) is 9.88. The number of amides is 1. The summed E-state index contributed by atoms with van der Waals surface area (Å²) in [6.45, 7) is 3.85. The van der Waals surface area contributed by atoms with Crippen molar-refractivity contribution in [2.24, 2.45) is 0 Å². The number of non-ortho nitro benzene ring substituents is 1. The predicted molar refractivity (Wildman–Crippen MR) is 119 cm³/mol. The first-order chi connectivity index (χ1) is 15.5. The number of hydrogen-bond acceptors (Lipinski definition) is 6. The fourth-order valence-corrected chi connectivity index (χ4v) is 4.37. The van der Waals surface area contributed by atoms with Gasteiger partial charge in [-0.15, -0.1) is 11.3 Å². The van der Waals surface area contributed by atoms with Crippen molar-refractivity contribution < 1.29 is 18.8 Å². The van der Waals surface area contributed by atoms with E-state index >= 15 is 0 Å². The molecule has 2 aromatic carbocycles. The molecular formula is C23H22FN3O4S. The Kier molecular flexibility index (Phi) is 6.77. The Morgan fingerprint density at radius 3 is 2.38 bits per heavy atom. The van der Waals surface area contributed by atoms with Crippen molar-refractivity contribution in [1.29, 1.82) is 0 Å². The summed E-state index contributed by atoms with van der Waals surface area (Å²) in [5.74, 6) is 0.308. The summed E-state index contributed by atoms with van der Waals surface area (Å²) in [5.41, 5.74) is 1.95. The van der Waals surface area contributed by atoms with Crippen LogP contribution >= 0.6 is 11.3 Å². The summed E-state index contributed by atoms with van der Waals surface area (Å²) in [6, 6.07) is 14.3. The molecule has 1 saturated heterocycles. The summed E-state index contributed by atoms with van der Waals surface area (Å²) in [6.07, 6.45) is 0. The maximum absolute atomic E-state index is 13.1. The van der Waals surface area contributed by atoms with E-state index < -0.39 is 4.92 Å². The largest absolute Gasteiger partial charge is 0.489 e. The Balaban J connectivity index is 1.26. The lowest BCUT2D eigenvalue weighted by molar-refractivity contribution is -0.384. The highest BCUT2D eigenvalue weighted by Crippen LogP contribution is 2.22. The number of nitrogens with zero attached hydrogens (tertiary/aromatic N) is 3. The van der Waals surface area contributed by atoms with Gasteiger partial charge in [0, 0.05) is 50.4 Å². The van der Waals surface area contributed by atoms with Crippen LogP contribution in [0, 0.1) is 15.9 Å². The first kappa shape index (κ1) is 21.9. The van der Waals surface area contributed by atoms with Gasteiger partial charge in [-0.2, -0.15) is 0 Å². The van der Waals surface area contributed by atoms with E-state index in [4.69, 9.17) is 4.74 Å². The molecule has 4 rings (SSSR count). The topological polar surface area (TPSA) is 75.9 Å². The third-order valence-corrected chi connectivity index (χ3v) is 6.26. The summed E-state index contributed by atoms with van der Waals surface area (Å²) < 4.78 is 18.7. The summed E-state index contributed by atoms with van der Waals surface area (Å²) in [4.78, 5) is 27.9. The zero-order valence-corrected chi connectivity index (χ0v) is 18.1. The van der Waals surface area contributed by atoms with Crippen LogP contribution in [0.1, 0.15) is 20.8 Å². The van der Waals surface area contributed by atoms with Crippen LogP contribution in [0.3, 0.4) is 0 Å². The van der Waals surface area contributed by atoms with Crippen LogP contribution in [0.4, 0.5) is 10.1 Å². The van der Waals surface area contributed by atoms with E-state index in [-0.39, 0.29) is 24.0 Å². The third kappa shape index (κ3) is 5.49. The van der Waals surface area contributed by atoms with Gasteiger partial charge >= 0.3 is 0 Å². The highest BCUT2D eigenvalue weighted by molar-refractivity contribution is 7.12. The molecule has 1 aliphatic rings. The molecule has 0 radical (unpaired) electrons. The molecule has 0 spiro atoms. The van der Waals surface area contributed by atoms with Crippen molar-refractivity contribution in [2.75, 3.05) is 26.2 Å². The first-order valence-corrected chi connectivity index (χ1v) is 11.1. The lowest BCUT2D eigenvalue weighted by atomic mass is 10.2. The maximum atomic E-state index is 13.1. The van der Waals surface area contributed by atoms with Gasteiger partial charge < -0.3 is 9.64 Å². The van der Waals surface area contributed by atoms with Crippen molar-refractivity contribution in [2.45, 2.75) is 13.2 Å². The lowest BCUT2D eigenvalue weighted by Crippen LogP contribution is -2.48. The average molecular weight is 456 g/mol. The van der Waals surface area contributed by atoms with E-state index in [2.05, 4.69) is 4.90 Å². The van der Waals surface area contributed by atoms with Gasteiger partial charge in [0.25, 0.3) is 11.6 Å². The van der Waals surface area contributed by atoms with Crippen LogP contribution in [-0.4, -0.2) is 46.8 Å². The molecule has 0 atom stereocenters. The number of carbonyl (C=O) groups is 1. The molecule has 1 aliphatic heterocycles. The third-order valence-electron chi connectivity index (χ3n) is 5.30. The van der Waals surface area contributed by atoms with Gasteiger partial charge in [-0.05, 0) is 41.3 Å². The van der Waals surface area contributed by atoms with Gasteiger partial charge in [0.1, 0.15) is 18.2 Å². The highest BCUT2D eigenvalue weighted by Gasteiger charge is 2.23. The van der Waals surface area contributed by atoms with E-state index in [0.717, 1.165) is 30.8 Å². The molecule has 2 heterocycles. The quantitative estimate of drug-likeness (QED) is 0.392. The van der Waals surface area contributed by atoms with Gasteiger partial charge in [0.15, 0.2) is 0 Å². The smallest absolute Gasteiger partial charge is 0.269 e. The van der Waals surface area contributed by atoms with E-state index in [9.17, 15) is 19.3 Å². The number of nitro benzene ring substituents is 1. The van der Waals surface area contributed by atoms with E-state index in [0.29, 0.717) is 23.7 Å². The van der Waals surface area contributed by atoms with Crippen LogP contribution in [0.5, 0.6) is 5.75 Å². The van der Waals surface area contributed by atoms with Gasteiger partial charge in [0.05, 0.1) is 9.80 Å². The van der Waals surface area contributed by atoms with Crippen LogP contribution in [0.2, 0.25) is 0 Å². The Morgan fingerprint density at radius 1 is 1.03 bits per heavy atom. The van der Waals surface area contributed by atoms with Crippen molar-refractivity contribution >= 4 is 22.9 Å². The molecule has 3 aromatic rings. The number of benzene rings is 2. The van der Waals surface area contributed by atoms with Crippen molar-refractivity contribution in [1.82, 2.24) is 9.80 Å². The number of halogens is 1. The lowest BCUT2D eigenvalue weighted by Gasteiger charge is -2.34.